The second-order valence-corrected chi connectivity index (χ2v) is 5.61. The first-order valence-electron chi connectivity index (χ1n) is 8.24. The molecule has 0 saturated carbocycles. The molecule has 0 spiro atoms. The van der Waals surface area contributed by atoms with E-state index in [1.807, 2.05) is 0 Å². The van der Waals surface area contributed by atoms with Crippen LogP contribution in [0.4, 0.5) is 5.95 Å². The van der Waals surface area contributed by atoms with Crippen LogP contribution in [0.25, 0.3) is 11.3 Å². The van der Waals surface area contributed by atoms with Crippen LogP contribution in [0, 0.1) is 0 Å². The van der Waals surface area contributed by atoms with E-state index in [1.54, 1.807) is 55.6 Å². The van der Waals surface area contributed by atoms with Crippen LogP contribution in [0.3, 0.4) is 0 Å². The van der Waals surface area contributed by atoms with Crippen molar-refractivity contribution in [2.75, 3.05) is 12.5 Å². The predicted molar refractivity (Wildman–Crippen MR) is 104 cm³/mol. The van der Waals surface area contributed by atoms with Gasteiger partial charge in [-0.15, -0.1) is 10.2 Å². The van der Waals surface area contributed by atoms with Crippen molar-refractivity contribution in [3.63, 3.8) is 0 Å². The number of methoxy groups -OCH3 is 1. The van der Waals surface area contributed by atoms with E-state index in [9.17, 15) is 9.59 Å². The van der Waals surface area contributed by atoms with Crippen LogP contribution in [0.1, 0.15) is 12.5 Å². The molecule has 0 amide bonds. The van der Waals surface area contributed by atoms with E-state index >= 15 is 0 Å². The molecule has 9 nitrogen and oxygen atoms in total. The molecule has 0 fully saturated rings. The summed E-state index contributed by atoms with van der Waals surface area (Å²) in [6.45, 7) is 1.33. The third-order valence-electron chi connectivity index (χ3n) is 3.59. The van der Waals surface area contributed by atoms with Crippen molar-refractivity contribution in [1.29, 1.82) is 0 Å². The van der Waals surface area contributed by atoms with Gasteiger partial charge in [0.1, 0.15) is 11.5 Å². The zero-order valence-corrected chi connectivity index (χ0v) is 15.2. The summed E-state index contributed by atoms with van der Waals surface area (Å²) in [4.78, 5) is 25.7. The molecule has 2 aromatic carbocycles. The minimum absolute atomic E-state index is 0.107. The van der Waals surface area contributed by atoms with Gasteiger partial charge >= 0.3 is 5.97 Å². The molecule has 0 aliphatic carbocycles. The van der Waals surface area contributed by atoms with E-state index in [0.717, 1.165) is 5.56 Å². The van der Waals surface area contributed by atoms with Gasteiger partial charge in [0.15, 0.2) is 5.69 Å². The first-order chi connectivity index (χ1) is 13.5. The first-order valence-corrected chi connectivity index (χ1v) is 8.24. The fraction of sp³-hybridized carbons (Fsp3) is 0.105. The van der Waals surface area contributed by atoms with Crippen LogP contribution in [0.15, 0.2) is 58.4 Å². The molecule has 0 radical (unpaired) electrons. The summed E-state index contributed by atoms with van der Waals surface area (Å²) in [6, 6.07) is 13.7. The number of rotatable bonds is 6. The van der Waals surface area contributed by atoms with Gasteiger partial charge in [-0.3, -0.25) is 14.6 Å². The lowest BCUT2D eigenvalue weighted by molar-refractivity contribution is -0.131. The molecule has 0 atom stereocenters. The van der Waals surface area contributed by atoms with Gasteiger partial charge < -0.3 is 9.47 Å². The molecule has 3 aromatic rings. The van der Waals surface area contributed by atoms with Crippen LogP contribution in [0.2, 0.25) is 0 Å². The van der Waals surface area contributed by atoms with E-state index in [1.165, 1.54) is 13.1 Å². The van der Waals surface area contributed by atoms with Gasteiger partial charge in [0.05, 0.1) is 13.3 Å². The van der Waals surface area contributed by atoms with Crippen LogP contribution in [-0.4, -0.2) is 34.5 Å². The standard InChI is InChI=1S/C19H17N5O4/c1-12(25)28-16-7-3-13(4-8-16)11-20-23-19-21-18(26)17(22-24-19)14-5-9-15(27-2)10-6-14/h3-11H,1-2H3,(H2,21,23,24,26)/b20-11+. The quantitative estimate of drug-likeness (QED) is 0.292. The summed E-state index contributed by atoms with van der Waals surface area (Å²) in [5.41, 5.74) is 3.79. The maximum atomic E-state index is 12.2. The van der Waals surface area contributed by atoms with E-state index in [0.29, 0.717) is 17.1 Å². The highest BCUT2D eigenvalue weighted by Crippen LogP contribution is 2.17. The molecule has 2 N–H and O–H groups in total. The highest BCUT2D eigenvalue weighted by atomic mass is 16.5. The van der Waals surface area contributed by atoms with E-state index in [-0.39, 0.29) is 17.6 Å². The zero-order chi connectivity index (χ0) is 19.9. The minimum atomic E-state index is -0.399. The summed E-state index contributed by atoms with van der Waals surface area (Å²) < 4.78 is 10.0. The Morgan fingerprint density at radius 1 is 1.07 bits per heavy atom. The van der Waals surface area contributed by atoms with Crippen molar-refractivity contribution < 1.29 is 14.3 Å². The van der Waals surface area contributed by atoms with Crippen LogP contribution in [-0.2, 0) is 4.79 Å². The second kappa shape index (κ2) is 8.58. The van der Waals surface area contributed by atoms with Crippen molar-refractivity contribution in [2.45, 2.75) is 6.92 Å². The maximum Gasteiger partial charge on any atom is 0.308 e. The largest absolute Gasteiger partial charge is 0.497 e. The Kier molecular flexibility index (Phi) is 5.75. The Labute approximate surface area is 160 Å². The molecular formula is C19H17N5O4. The number of hydrogen-bond acceptors (Lipinski definition) is 8. The molecule has 0 aliphatic rings. The number of carbonyl (C=O) groups is 1. The van der Waals surface area contributed by atoms with Crippen molar-refractivity contribution in [3.05, 3.63) is 64.4 Å². The highest BCUT2D eigenvalue weighted by Gasteiger charge is 2.07. The van der Waals surface area contributed by atoms with Crippen molar-refractivity contribution in [2.24, 2.45) is 5.10 Å². The molecule has 1 aromatic heterocycles. The Bertz CT molecular complexity index is 1040. The summed E-state index contributed by atoms with van der Waals surface area (Å²) in [5, 5.41) is 11.9. The number of anilines is 1. The van der Waals surface area contributed by atoms with Crippen molar-refractivity contribution >= 4 is 18.1 Å². The van der Waals surface area contributed by atoms with Gasteiger partial charge in [-0.2, -0.15) is 5.10 Å². The highest BCUT2D eigenvalue weighted by molar-refractivity contribution is 5.80. The average Bonchev–Trinajstić information content (AvgIpc) is 2.69. The SMILES string of the molecule is COc1ccc(-c2nnc(N/N=C/c3ccc(OC(C)=O)cc3)[nH]c2=O)cc1. The number of ether oxygens (including phenoxy) is 2. The molecule has 0 bridgehead atoms. The number of H-pyrrole nitrogens is 1. The first kappa shape index (κ1) is 18.8. The number of hydrazone groups is 1. The van der Waals surface area contributed by atoms with E-state index < -0.39 is 5.56 Å². The van der Waals surface area contributed by atoms with Crippen LogP contribution >= 0.6 is 0 Å². The Morgan fingerprint density at radius 3 is 2.36 bits per heavy atom. The molecule has 142 valence electrons. The maximum absolute atomic E-state index is 12.2. The van der Waals surface area contributed by atoms with Gasteiger partial charge in [-0.25, -0.2) is 5.43 Å². The molecule has 1 heterocycles. The normalized spacial score (nSPS) is 10.6. The number of hydrogen-bond donors (Lipinski definition) is 2. The number of benzene rings is 2. The summed E-state index contributed by atoms with van der Waals surface area (Å²) in [5.74, 6) is 0.849. The van der Waals surface area contributed by atoms with Crippen LogP contribution in [0.5, 0.6) is 11.5 Å². The van der Waals surface area contributed by atoms with E-state index in [4.69, 9.17) is 9.47 Å². The van der Waals surface area contributed by atoms with Gasteiger partial charge in [0.25, 0.3) is 5.56 Å². The molecular weight excluding hydrogens is 362 g/mol. The third kappa shape index (κ3) is 4.79. The molecule has 0 aliphatic heterocycles. The predicted octanol–water partition coefficient (Wildman–Crippen LogP) is 2.21. The fourth-order valence-electron chi connectivity index (χ4n) is 2.28. The third-order valence-corrected chi connectivity index (χ3v) is 3.59. The lowest BCUT2D eigenvalue weighted by Crippen LogP contribution is -2.15. The Morgan fingerprint density at radius 2 is 1.75 bits per heavy atom. The molecule has 28 heavy (non-hydrogen) atoms. The molecule has 3 rings (SSSR count). The number of nitrogens with one attached hydrogen (secondary N) is 2. The van der Waals surface area contributed by atoms with Crippen LogP contribution < -0.4 is 20.5 Å². The van der Waals surface area contributed by atoms with Crippen molar-refractivity contribution in [1.82, 2.24) is 15.2 Å². The lowest BCUT2D eigenvalue weighted by Gasteiger charge is -2.03. The molecule has 0 unspecified atom stereocenters. The summed E-state index contributed by atoms with van der Waals surface area (Å²) in [7, 11) is 1.57. The fourth-order valence-corrected chi connectivity index (χ4v) is 2.28. The Balaban J connectivity index is 1.66. The second-order valence-electron chi connectivity index (χ2n) is 5.61. The smallest absolute Gasteiger partial charge is 0.308 e. The summed E-state index contributed by atoms with van der Waals surface area (Å²) in [6.07, 6.45) is 1.52. The van der Waals surface area contributed by atoms with Gasteiger partial charge in [-0.05, 0) is 54.1 Å². The Hall–Kier alpha value is -4.01. The number of aromatic amines is 1. The number of carbonyl (C=O) groups excluding carboxylic acids is 1. The van der Waals surface area contributed by atoms with E-state index in [2.05, 4.69) is 25.7 Å². The number of nitrogens with zero attached hydrogens (tertiary/aromatic N) is 3. The average molecular weight is 379 g/mol. The molecule has 0 saturated heterocycles. The monoisotopic (exact) mass is 379 g/mol. The van der Waals surface area contributed by atoms with Gasteiger partial charge in [0, 0.05) is 12.5 Å². The number of aromatic nitrogens is 3. The van der Waals surface area contributed by atoms with Gasteiger partial charge in [-0.1, -0.05) is 0 Å². The minimum Gasteiger partial charge on any atom is -0.497 e. The molecule has 9 heteroatoms. The topological polar surface area (TPSA) is 119 Å². The van der Waals surface area contributed by atoms with Gasteiger partial charge in [0.2, 0.25) is 5.95 Å². The lowest BCUT2D eigenvalue weighted by atomic mass is 10.1. The van der Waals surface area contributed by atoms with Crippen molar-refractivity contribution in [3.8, 4) is 22.8 Å². The zero-order valence-electron chi connectivity index (χ0n) is 15.2. The number of esters is 1. The summed E-state index contributed by atoms with van der Waals surface area (Å²) >= 11 is 0.